The van der Waals surface area contributed by atoms with E-state index in [9.17, 15) is 4.39 Å². The number of anilines is 1. The molecule has 1 heterocycles. The average Bonchev–Trinajstić information content (AvgIpc) is 2.50. The fourth-order valence-corrected chi connectivity index (χ4v) is 2.61. The topological polar surface area (TPSA) is 26.7 Å². The van der Waals surface area contributed by atoms with Crippen molar-refractivity contribution < 1.29 is 9.50 Å². The molecular formula is C14H21FN2O. The van der Waals surface area contributed by atoms with Crippen LogP contribution in [0.5, 0.6) is 0 Å². The van der Waals surface area contributed by atoms with E-state index in [4.69, 9.17) is 5.11 Å². The Balaban J connectivity index is 2.24. The van der Waals surface area contributed by atoms with Crippen molar-refractivity contribution in [2.24, 2.45) is 0 Å². The molecule has 0 aromatic heterocycles. The number of benzene rings is 1. The third-order valence-corrected chi connectivity index (χ3v) is 3.55. The molecule has 0 saturated carbocycles. The number of nitrogens with zero attached hydrogens (tertiary/aromatic N) is 2. The molecule has 0 spiro atoms. The fraction of sp³-hybridized carbons (Fsp3) is 0.571. The molecule has 4 heteroatoms. The van der Waals surface area contributed by atoms with Gasteiger partial charge in [0, 0.05) is 19.1 Å². The van der Waals surface area contributed by atoms with E-state index in [0.717, 1.165) is 26.1 Å². The molecule has 1 fully saturated rings. The maximum Gasteiger partial charge on any atom is 0.146 e. The van der Waals surface area contributed by atoms with Gasteiger partial charge in [-0.25, -0.2) is 4.39 Å². The molecule has 1 aliphatic heterocycles. The Labute approximate surface area is 108 Å². The van der Waals surface area contributed by atoms with Crippen LogP contribution in [-0.4, -0.2) is 42.7 Å². The molecule has 0 radical (unpaired) electrons. The minimum atomic E-state index is -0.238. The average molecular weight is 252 g/mol. The molecule has 0 aliphatic carbocycles. The number of rotatable bonds is 2. The summed E-state index contributed by atoms with van der Waals surface area (Å²) in [7, 11) is 2.10. The van der Waals surface area contributed by atoms with Gasteiger partial charge in [-0.15, -0.1) is 0 Å². The van der Waals surface area contributed by atoms with E-state index in [2.05, 4.69) is 23.8 Å². The van der Waals surface area contributed by atoms with Crippen LogP contribution in [0.25, 0.3) is 0 Å². The first-order chi connectivity index (χ1) is 8.61. The van der Waals surface area contributed by atoms with Crippen LogP contribution in [0, 0.1) is 5.82 Å². The summed E-state index contributed by atoms with van der Waals surface area (Å²) in [4.78, 5) is 4.41. The van der Waals surface area contributed by atoms with Gasteiger partial charge in [0.25, 0.3) is 0 Å². The van der Waals surface area contributed by atoms with Crippen LogP contribution in [0.3, 0.4) is 0 Å². The predicted molar refractivity (Wildman–Crippen MR) is 71.2 cm³/mol. The lowest BCUT2D eigenvalue weighted by Gasteiger charge is -2.30. The highest BCUT2D eigenvalue weighted by molar-refractivity contribution is 5.50. The number of aliphatic hydroxyl groups is 1. The first kappa shape index (κ1) is 13.3. The Hall–Kier alpha value is -1.13. The molecule has 1 aromatic rings. The lowest BCUT2D eigenvalue weighted by molar-refractivity contribution is 0.281. The van der Waals surface area contributed by atoms with E-state index in [-0.39, 0.29) is 12.4 Å². The zero-order valence-electron chi connectivity index (χ0n) is 11.1. The fourth-order valence-electron chi connectivity index (χ4n) is 2.61. The summed E-state index contributed by atoms with van der Waals surface area (Å²) in [6, 6.07) is 5.30. The van der Waals surface area contributed by atoms with Gasteiger partial charge in [0.1, 0.15) is 5.82 Å². The van der Waals surface area contributed by atoms with Crippen molar-refractivity contribution in [2.75, 3.05) is 31.6 Å². The van der Waals surface area contributed by atoms with Crippen LogP contribution in [-0.2, 0) is 6.61 Å². The van der Waals surface area contributed by atoms with Crippen LogP contribution in [0.15, 0.2) is 18.2 Å². The maximum atomic E-state index is 14.1. The van der Waals surface area contributed by atoms with Crippen molar-refractivity contribution >= 4 is 5.69 Å². The van der Waals surface area contributed by atoms with Gasteiger partial charge in [-0.05, 0) is 44.6 Å². The molecule has 3 nitrogen and oxygen atoms in total. The number of aliphatic hydroxyl groups excluding tert-OH is 1. The Morgan fingerprint density at radius 2 is 2.17 bits per heavy atom. The van der Waals surface area contributed by atoms with Crippen LogP contribution in [0.4, 0.5) is 10.1 Å². The molecule has 1 saturated heterocycles. The molecule has 1 N–H and O–H groups in total. The molecule has 0 amide bonds. The largest absolute Gasteiger partial charge is 0.392 e. The second-order valence-corrected chi connectivity index (χ2v) is 5.10. The quantitative estimate of drug-likeness (QED) is 0.870. The van der Waals surface area contributed by atoms with E-state index in [0.29, 0.717) is 17.3 Å². The normalized spacial score (nSPS) is 22.0. The molecule has 18 heavy (non-hydrogen) atoms. The Morgan fingerprint density at radius 1 is 1.39 bits per heavy atom. The lowest BCUT2D eigenvalue weighted by atomic mass is 10.1. The predicted octanol–water partition coefficient (Wildman–Crippen LogP) is 1.85. The Morgan fingerprint density at radius 3 is 2.83 bits per heavy atom. The van der Waals surface area contributed by atoms with E-state index >= 15 is 0 Å². The van der Waals surface area contributed by atoms with E-state index in [1.54, 1.807) is 12.1 Å². The van der Waals surface area contributed by atoms with Gasteiger partial charge in [-0.2, -0.15) is 0 Å². The van der Waals surface area contributed by atoms with Gasteiger partial charge in [-0.3, -0.25) is 0 Å². The number of hydrogen-bond donors (Lipinski definition) is 1. The van der Waals surface area contributed by atoms with Gasteiger partial charge < -0.3 is 14.9 Å². The molecule has 1 atom stereocenters. The van der Waals surface area contributed by atoms with E-state index in [1.807, 2.05) is 0 Å². The third-order valence-electron chi connectivity index (χ3n) is 3.55. The summed E-state index contributed by atoms with van der Waals surface area (Å²) in [5, 5.41) is 9.01. The highest BCUT2D eigenvalue weighted by atomic mass is 19.1. The highest BCUT2D eigenvalue weighted by Crippen LogP contribution is 2.24. The van der Waals surface area contributed by atoms with Crippen molar-refractivity contribution in [1.29, 1.82) is 0 Å². The Bertz CT molecular complexity index is 411. The second-order valence-electron chi connectivity index (χ2n) is 5.10. The second kappa shape index (κ2) is 5.67. The van der Waals surface area contributed by atoms with Crippen molar-refractivity contribution in [3.8, 4) is 0 Å². The van der Waals surface area contributed by atoms with Gasteiger partial charge in [0.05, 0.1) is 12.3 Å². The van der Waals surface area contributed by atoms with Crippen LogP contribution >= 0.6 is 0 Å². The first-order valence-corrected chi connectivity index (χ1v) is 6.46. The SMILES string of the molecule is CC1CN(C)CCCN1c1ccc(CO)cc1F. The molecule has 1 aromatic carbocycles. The summed E-state index contributed by atoms with van der Waals surface area (Å²) in [6.07, 6.45) is 1.04. The summed E-state index contributed by atoms with van der Waals surface area (Å²) in [6.45, 7) is 4.88. The van der Waals surface area contributed by atoms with Crippen LogP contribution in [0.1, 0.15) is 18.9 Å². The summed E-state index contributed by atoms with van der Waals surface area (Å²) < 4.78 is 14.1. The Kier molecular flexibility index (Phi) is 4.19. The number of hydrogen-bond acceptors (Lipinski definition) is 3. The molecule has 2 rings (SSSR count). The summed E-state index contributed by atoms with van der Waals surface area (Å²) in [5.74, 6) is -0.238. The van der Waals surface area contributed by atoms with Crippen LogP contribution < -0.4 is 4.90 Å². The van der Waals surface area contributed by atoms with Gasteiger partial charge in [0.15, 0.2) is 0 Å². The zero-order valence-corrected chi connectivity index (χ0v) is 11.1. The maximum absolute atomic E-state index is 14.1. The minimum absolute atomic E-state index is 0.116. The van der Waals surface area contributed by atoms with E-state index in [1.165, 1.54) is 6.07 Å². The number of halogens is 1. The zero-order chi connectivity index (χ0) is 13.1. The molecule has 1 aliphatic rings. The van der Waals surface area contributed by atoms with Crippen LogP contribution in [0.2, 0.25) is 0 Å². The lowest BCUT2D eigenvalue weighted by Crippen LogP contribution is -2.38. The van der Waals surface area contributed by atoms with Gasteiger partial charge in [-0.1, -0.05) is 6.07 Å². The van der Waals surface area contributed by atoms with E-state index < -0.39 is 0 Å². The van der Waals surface area contributed by atoms with Crippen molar-refractivity contribution in [1.82, 2.24) is 4.90 Å². The summed E-state index contributed by atoms with van der Waals surface area (Å²) in [5.41, 5.74) is 1.27. The summed E-state index contributed by atoms with van der Waals surface area (Å²) >= 11 is 0. The smallest absolute Gasteiger partial charge is 0.146 e. The monoisotopic (exact) mass is 252 g/mol. The third kappa shape index (κ3) is 2.82. The molecular weight excluding hydrogens is 231 g/mol. The van der Waals surface area contributed by atoms with Crippen molar-refractivity contribution in [2.45, 2.75) is 26.0 Å². The van der Waals surface area contributed by atoms with Crippen molar-refractivity contribution in [3.05, 3.63) is 29.6 Å². The number of likely N-dealkylation sites (N-methyl/N-ethyl adjacent to an activating group) is 1. The standard InChI is InChI=1S/C14H21FN2O/c1-11-9-16(2)6-3-7-17(11)14-5-4-12(10-18)8-13(14)15/h4-5,8,11,18H,3,6-7,9-10H2,1-2H3. The molecule has 100 valence electrons. The molecule has 1 unspecified atom stereocenters. The van der Waals surface area contributed by atoms with Gasteiger partial charge in [0.2, 0.25) is 0 Å². The molecule has 0 bridgehead atoms. The highest BCUT2D eigenvalue weighted by Gasteiger charge is 2.22. The minimum Gasteiger partial charge on any atom is -0.392 e. The van der Waals surface area contributed by atoms with Gasteiger partial charge >= 0.3 is 0 Å². The first-order valence-electron chi connectivity index (χ1n) is 6.46. The van der Waals surface area contributed by atoms with Crippen molar-refractivity contribution in [3.63, 3.8) is 0 Å².